The van der Waals surface area contributed by atoms with E-state index in [1.54, 1.807) is 0 Å². The Labute approximate surface area is 83.1 Å². The third-order valence-corrected chi connectivity index (χ3v) is 3.45. The molecule has 2 atom stereocenters. The number of carbonyl (C=O) groups excluding carboxylic acids is 2. The first-order valence-corrected chi connectivity index (χ1v) is 4.96. The van der Waals surface area contributed by atoms with Gasteiger partial charge >= 0.3 is 5.97 Å². The number of esters is 1. The van der Waals surface area contributed by atoms with Gasteiger partial charge in [-0.25, -0.2) is 0 Å². The van der Waals surface area contributed by atoms with E-state index in [4.69, 9.17) is 4.74 Å². The first-order valence-electron chi connectivity index (χ1n) is 4.96. The van der Waals surface area contributed by atoms with Gasteiger partial charge in [-0.15, -0.1) is 0 Å². The van der Waals surface area contributed by atoms with Gasteiger partial charge in [0.15, 0.2) is 0 Å². The molecule has 0 saturated heterocycles. The quantitative estimate of drug-likeness (QED) is 0.469. The first-order chi connectivity index (χ1) is 6.69. The minimum absolute atomic E-state index is 0.0798. The highest BCUT2D eigenvalue weighted by Gasteiger charge is 2.50. The monoisotopic (exact) mass is 194 g/mol. The first kappa shape index (κ1) is 9.44. The minimum atomic E-state index is -0.414. The number of carbonyl (C=O) groups is 2. The lowest BCUT2D eigenvalue weighted by molar-refractivity contribution is -0.157. The Hall–Kier alpha value is -1.12. The summed E-state index contributed by atoms with van der Waals surface area (Å²) < 4.78 is 4.84. The second-order valence-electron chi connectivity index (χ2n) is 4.13. The van der Waals surface area contributed by atoms with E-state index in [0.29, 0.717) is 19.3 Å². The van der Waals surface area contributed by atoms with Crippen LogP contribution in [-0.4, -0.2) is 18.9 Å². The van der Waals surface area contributed by atoms with Gasteiger partial charge in [0.1, 0.15) is 5.78 Å². The summed E-state index contributed by atoms with van der Waals surface area (Å²) in [4.78, 5) is 23.0. The molecular weight excluding hydrogens is 180 g/mol. The van der Waals surface area contributed by atoms with Gasteiger partial charge in [0.2, 0.25) is 0 Å². The zero-order valence-electron chi connectivity index (χ0n) is 8.29. The molecule has 2 rings (SSSR count). The van der Waals surface area contributed by atoms with Crippen molar-refractivity contribution >= 4 is 11.8 Å². The molecule has 0 amide bonds. The smallest absolute Gasteiger partial charge is 0.312 e. The standard InChI is InChI=1S/C11H14O3/c1-14-10(13)11-5-2-3-8(11)7-9(12)4-6-11/h2-3,8H,4-7H2,1H3/t8-,11-/m0/s1. The summed E-state index contributed by atoms with van der Waals surface area (Å²) >= 11 is 0. The van der Waals surface area contributed by atoms with E-state index in [1.165, 1.54) is 7.11 Å². The minimum Gasteiger partial charge on any atom is -0.469 e. The molecule has 1 saturated carbocycles. The summed E-state index contributed by atoms with van der Waals surface area (Å²) in [5.41, 5.74) is -0.414. The maximum Gasteiger partial charge on any atom is 0.312 e. The molecule has 76 valence electrons. The third-order valence-electron chi connectivity index (χ3n) is 3.45. The number of hydrogen-bond acceptors (Lipinski definition) is 3. The van der Waals surface area contributed by atoms with Crippen LogP contribution in [0.25, 0.3) is 0 Å². The highest BCUT2D eigenvalue weighted by atomic mass is 16.5. The molecule has 2 aliphatic carbocycles. The van der Waals surface area contributed by atoms with Crippen LogP contribution in [0.2, 0.25) is 0 Å². The van der Waals surface area contributed by atoms with Crippen molar-refractivity contribution in [2.24, 2.45) is 11.3 Å². The van der Waals surface area contributed by atoms with Crippen molar-refractivity contribution in [2.75, 3.05) is 7.11 Å². The topological polar surface area (TPSA) is 43.4 Å². The van der Waals surface area contributed by atoms with Crippen molar-refractivity contribution in [3.8, 4) is 0 Å². The van der Waals surface area contributed by atoms with Crippen LogP contribution in [0.15, 0.2) is 12.2 Å². The second kappa shape index (κ2) is 3.23. The zero-order valence-corrected chi connectivity index (χ0v) is 8.29. The Balaban J connectivity index is 2.25. The fourth-order valence-corrected chi connectivity index (χ4v) is 2.58. The summed E-state index contributed by atoms with van der Waals surface area (Å²) in [6.45, 7) is 0. The second-order valence-corrected chi connectivity index (χ2v) is 4.13. The molecule has 0 aromatic heterocycles. The molecule has 14 heavy (non-hydrogen) atoms. The molecule has 0 aromatic rings. The van der Waals surface area contributed by atoms with E-state index in [2.05, 4.69) is 0 Å². The fraction of sp³-hybridized carbons (Fsp3) is 0.636. The summed E-state index contributed by atoms with van der Waals surface area (Å²) in [7, 11) is 1.42. The van der Waals surface area contributed by atoms with E-state index in [9.17, 15) is 9.59 Å². The zero-order chi connectivity index (χ0) is 10.2. The molecule has 0 bridgehead atoms. The van der Waals surface area contributed by atoms with Crippen LogP contribution in [0.1, 0.15) is 25.7 Å². The normalized spacial score (nSPS) is 35.5. The van der Waals surface area contributed by atoms with Crippen molar-refractivity contribution in [1.29, 1.82) is 0 Å². The predicted molar refractivity (Wildman–Crippen MR) is 50.6 cm³/mol. The van der Waals surface area contributed by atoms with Crippen molar-refractivity contribution in [2.45, 2.75) is 25.7 Å². The van der Waals surface area contributed by atoms with E-state index in [0.717, 1.165) is 6.42 Å². The molecule has 0 unspecified atom stereocenters. The Bertz CT molecular complexity index is 306. The molecule has 2 aliphatic rings. The molecule has 0 spiro atoms. The van der Waals surface area contributed by atoms with Crippen LogP contribution < -0.4 is 0 Å². The molecule has 1 fully saturated rings. The molecule has 0 N–H and O–H groups in total. The predicted octanol–water partition coefficient (Wildman–Crippen LogP) is 1.47. The van der Waals surface area contributed by atoms with E-state index in [-0.39, 0.29) is 17.7 Å². The van der Waals surface area contributed by atoms with E-state index in [1.807, 2.05) is 12.2 Å². The van der Waals surface area contributed by atoms with Gasteiger partial charge in [0.25, 0.3) is 0 Å². The average molecular weight is 194 g/mol. The number of allylic oxidation sites excluding steroid dienone is 2. The number of Topliss-reactive ketones (excluding diaryl/α,β-unsaturated/α-hetero) is 1. The Kier molecular flexibility index (Phi) is 2.17. The summed E-state index contributed by atoms with van der Waals surface area (Å²) in [5.74, 6) is 0.192. The Morgan fingerprint density at radius 3 is 3.14 bits per heavy atom. The van der Waals surface area contributed by atoms with E-state index < -0.39 is 5.41 Å². The van der Waals surface area contributed by atoms with Gasteiger partial charge in [0, 0.05) is 18.8 Å². The number of methoxy groups -OCH3 is 1. The van der Waals surface area contributed by atoms with Gasteiger partial charge in [-0.2, -0.15) is 0 Å². The van der Waals surface area contributed by atoms with Gasteiger partial charge in [0.05, 0.1) is 12.5 Å². The molecule has 3 nitrogen and oxygen atoms in total. The van der Waals surface area contributed by atoms with Crippen LogP contribution in [0, 0.1) is 11.3 Å². The lowest BCUT2D eigenvalue weighted by Crippen LogP contribution is -2.40. The fourth-order valence-electron chi connectivity index (χ4n) is 2.58. The maximum absolute atomic E-state index is 11.7. The van der Waals surface area contributed by atoms with Crippen molar-refractivity contribution in [3.63, 3.8) is 0 Å². The van der Waals surface area contributed by atoms with Crippen LogP contribution >= 0.6 is 0 Å². The summed E-state index contributed by atoms with van der Waals surface area (Å²) in [5, 5.41) is 0. The maximum atomic E-state index is 11.7. The van der Waals surface area contributed by atoms with Crippen LogP contribution in [0.4, 0.5) is 0 Å². The number of ether oxygens (including phenoxy) is 1. The number of rotatable bonds is 1. The SMILES string of the molecule is COC(=O)[C@]12CC=C[C@H]1CC(=O)CC2. The van der Waals surface area contributed by atoms with Gasteiger partial charge in [-0.1, -0.05) is 12.2 Å². The van der Waals surface area contributed by atoms with E-state index >= 15 is 0 Å². The highest BCUT2D eigenvalue weighted by Crippen LogP contribution is 2.48. The largest absolute Gasteiger partial charge is 0.469 e. The van der Waals surface area contributed by atoms with Crippen molar-refractivity contribution < 1.29 is 14.3 Å². The molecule has 0 aliphatic heterocycles. The number of ketones is 1. The van der Waals surface area contributed by atoms with Crippen molar-refractivity contribution in [3.05, 3.63) is 12.2 Å². The van der Waals surface area contributed by atoms with Crippen LogP contribution in [-0.2, 0) is 14.3 Å². The lowest BCUT2D eigenvalue weighted by Gasteiger charge is -2.35. The van der Waals surface area contributed by atoms with Gasteiger partial charge in [-0.05, 0) is 12.8 Å². The van der Waals surface area contributed by atoms with Crippen molar-refractivity contribution in [1.82, 2.24) is 0 Å². The van der Waals surface area contributed by atoms with Gasteiger partial charge < -0.3 is 4.74 Å². The molecule has 3 heteroatoms. The Morgan fingerprint density at radius 1 is 1.64 bits per heavy atom. The van der Waals surface area contributed by atoms with Crippen LogP contribution in [0.3, 0.4) is 0 Å². The summed E-state index contributed by atoms with van der Waals surface area (Å²) in [6.07, 6.45) is 6.40. The number of fused-ring (bicyclic) bond motifs is 1. The molecular formula is C11H14O3. The molecule has 0 aromatic carbocycles. The lowest BCUT2D eigenvalue weighted by atomic mass is 9.67. The third kappa shape index (κ3) is 1.19. The van der Waals surface area contributed by atoms with Gasteiger partial charge in [-0.3, -0.25) is 9.59 Å². The molecule has 0 radical (unpaired) electrons. The Morgan fingerprint density at radius 2 is 2.43 bits per heavy atom. The molecule has 0 heterocycles. The average Bonchev–Trinajstić information content (AvgIpc) is 2.60. The summed E-state index contributed by atoms with van der Waals surface area (Å²) in [6, 6.07) is 0. The van der Waals surface area contributed by atoms with Crippen LogP contribution in [0.5, 0.6) is 0 Å². The number of hydrogen-bond donors (Lipinski definition) is 0. The highest BCUT2D eigenvalue weighted by molar-refractivity contribution is 5.86.